The molecule has 0 aliphatic heterocycles. The van der Waals surface area contributed by atoms with Gasteiger partial charge in [-0.1, -0.05) is 0 Å². The fourth-order valence-corrected chi connectivity index (χ4v) is 2.55. The van der Waals surface area contributed by atoms with Crippen molar-refractivity contribution in [1.82, 2.24) is 4.72 Å². The maximum Gasteiger partial charge on any atom is 0.269 e. The van der Waals surface area contributed by atoms with Gasteiger partial charge in [-0.2, -0.15) is 0 Å². The Bertz CT molecular complexity index is 556. The monoisotopic (exact) mass is 288 g/mol. The number of hydrogen-bond donors (Lipinski definition) is 1. The summed E-state index contributed by atoms with van der Waals surface area (Å²) in [5.41, 5.74) is 0.235. The summed E-state index contributed by atoms with van der Waals surface area (Å²) in [5.74, 6) is 0. The summed E-state index contributed by atoms with van der Waals surface area (Å²) in [6, 6.07) is 3.68. The third-order valence-corrected chi connectivity index (χ3v) is 4.05. The predicted octanol–water partition coefficient (Wildman–Crippen LogP) is 1.08. The lowest BCUT2D eigenvalue weighted by molar-refractivity contribution is -0.385. The van der Waals surface area contributed by atoms with Gasteiger partial charge in [0, 0.05) is 18.7 Å². The SMILES string of the molecule is CCOCCc1cc([N+](=O)[O-])ccc1S(=O)(=O)NC. The summed E-state index contributed by atoms with van der Waals surface area (Å²) in [7, 11) is -2.34. The smallest absolute Gasteiger partial charge is 0.269 e. The fraction of sp³-hybridized carbons (Fsp3) is 0.455. The maximum atomic E-state index is 11.8. The molecule has 0 amide bonds. The molecule has 19 heavy (non-hydrogen) atoms. The number of nitrogens with zero attached hydrogens (tertiary/aromatic N) is 1. The topological polar surface area (TPSA) is 98.5 Å². The fourth-order valence-electron chi connectivity index (χ4n) is 1.57. The van der Waals surface area contributed by atoms with E-state index in [9.17, 15) is 18.5 Å². The molecule has 0 aliphatic rings. The van der Waals surface area contributed by atoms with E-state index in [1.165, 1.54) is 25.2 Å². The Morgan fingerprint density at radius 1 is 1.42 bits per heavy atom. The molecule has 1 rings (SSSR count). The van der Waals surface area contributed by atoms with Crippen LogP contribution in [0.1, 0.15) is 12.5 Å². The molecule has 0 unspecified atom stereocenters. The molecule has 0 saturated heterocycles. The standard InChI is InChI=1S/C11H16N2O5S/c1-3-18-7-6-9-8-10(13(14)15)4-5-11(9)19(16,17)12-2/h4-5,8,12H,3,6-7H2,1-2H3. The molecule has 106 valence electrons. The van der Waals surface area contributed by atoms with Gasteiger partial charge in [0.2, 0.25) is 10.0 Å². The van der Waals surface area contributed by atoms with E-state index in [-0.39, 0.29) is 10.6 Å². The molecule has 8 heteroatoms. The number of nitrogens with one attached hydrogen (secondary N) is 1. The van der Waals surface area contributed by atoms with Crippen molar-refractivity contribution in [2.24, 2.45) is 0 Å². The van der Waals surface area contributed by atoms with Crippen LogP contribution >= 0.6 is 0 Å². The average molecular weight is 288 g/mol. The molecule has 7 nitrogen and oxygen atoms in total. The zero-order chi connectivity index (χ0) is 14.5. The lowest BCUT2D eigenvalue weighted by Gasteiger charge is -2.09. The number of sulfonamides is 1. The number of rotatable bonds is 7. The van der Waals surface area contributed by atoms with Crippen molar-refractivity contribution in [3.05, 3.63) is 33.9 Å². The number of hydrogen-bond acceptors (Lipinski definition) is 5. The van der Waals surface area contributed by atoms with Crippen molar-refractivity contribution >= 4 is 15.7 Å². The van der Waals surface area contributed by atoms with Gasteiger partial charge in [0.1, 0.15) is 0 Å². The van der Waals surface area contributed by atoms with E-state index < -0.39 is 14.9 Å². The first-order valence-corrected chi connectivity index (χ1v) is 7.19. The number of nitro benzene ring substituents is 1. The molecule has 0 atom stereocenters. The van der Waals surface area contributed by atoms with Crippen molar-refractivity contribution in [3.63, 3.8) is 0 Å². The van der Waals surface area contributed by atoms with E-state index in [0.717, 1.165) is 0 Å². The summed E-state index contributed by atoms with van der Waals surface area (Å²) < 4.78 is 31.0. The second-order valence-corrected chi connectivity index (χ2v) is 5.56. The highest BCUT2D eigenvalue weighted by atomic mass is 32.2. The number of ether oxygens (including phenoxy) is 1. The number of benzene rings is 1. The zero-order valence-electron chi connectivity index (χ0n) is 10.8. The van der Waals surface area contributed by atoms with Crippen LogP contribution in [0.2, 0.25) is 0 Å². The number of non-ortho nitro benzene ring substituents is 1. The summed E-state index contributed by atoms with van der Waals surface area (Å²) >= 11 is 0. The Kier molecular flexibility index (Phi) is 5.40. The van der Waals surface area contributed by atoms with Gasteiger partial charge in [-0.3, -0.25) is 10.1 Å². The Morgan fingerprint density at radius 3 is 2.63 bits per heavy atom. The third kappa shape index (κ3) is 3.98. The number of nitro groups is 1. The van der Waals surface area contributed by atoms with Crippen LogP contribution in [-0.2, 0) is 21.2 Å². The molecule has 1 aromatic carbocycles. The summed E-state index contributed by atoms with van der Waals surface area (Å²) in [6.45, 7) is 2.63. The van der Waals surface area contributed by atoms with Crippen molar-refractivity contribution in [2.75, 3.05) is 20.3 Å². The highest BCUT2D eigenvalue weighted by molar-refractivity contribution is 7.89. The molecular weight excluding hydrogens is 272 g/mol. The molecule has 0 aromatic heterocycles. The summed E-state index contributed by atoms with van der Waals surface area (Å²) in [4.78, 5) is 10.2. The van der Waals surface area contributed by atoms with Gasteiger partial charge in [-0.05, 0) is 32.0 Å². The van der Waals surface area contributed by atoms with Gasteiger partial charge >= 0.3 is 0 Å². The molecule has 0 radical (unpaired) electrons. The minimum atomic E-state index is -3.64. The van der Waals surface area contributed by atoms with Crippen LogP contribution in [-0.4, -0.2) is 33.6 Å². The van der Waals surface area contributed by atoms with Crippen molar-refractivity contribution in [1.29, 1.82) is 0 Å². The molecular formula is C11H16N2O5S. The van der Waals surface area contributed by atoms with Gasteiger partial charge in [-0.25, -0.2) is 13.1 Å². The molecule has 0 spiro atoms. The van der Waals surface area contributed by atoms with E-state index >= 15 is 0 Å². The average Bonchev–Trinajstić information content (AvgIpc) is 2.38. The molecule has 0 bridgehead atoms. The Balaban J connectivity index is 3.19. The first-order valence-electron chi connectivity index (χ1n) is 5.71. The third-order valence-electron chi connectivity index (χ3n) is 2.53. The van der Waals surface area contributed by atoms with E-state index in [1.807, 2.05) is 6.92 Å². The lowest BCUT2D eigenvalue weighted by atomic mass is 10.1. The first kappa shape index (κ1) is 15.5. The van der Waals surface area contributed by atoms with Gasteiger partial charge in [0.25, 0.3) is 5.69 Å². The minimum Gasteiger partial charge on any atom is -0.381 e. The molecule has 0 aliphatic carbocycles. The second kappa shape index (κ2) is 6.60. The molecule has 0 fully saturated rings. The van der Waals surface area contributed by atoms with Crippen molar-refractivity contribution in [3.8, 4) is 0 Å². The lowest BCUT2D eigenvalue weighted by Crippen LogP contribution is -2.20. The maximum absolute atomic E-state index is 11.8. The summed E-state index contributed by atoms with van der Waals surface area (Å²) in [6.07, 6.45) is 0.297. The van der Waals surface area contributed by atoms with Crippen LogP contribution in [0.4, 0.5) is 5.69 Å². The molecule has 0 saturated carbocycles. The highest BCUT2D eigenvalue weighted by Gasteiger charge is 2.19. The van der Waals surface area contributed by atoms with E-state index in [1.54, 1.807) is 0 Å². The largest absolute Gasteiger partial charge is 0.381 e. The van der Waals surface area contributed by atoms with E-state index in [4.69, 9.17) is 4.74 Å². The van der Waals surface area contributed by atoms with Gasteiger partial charge in [0.15, 0.2) is 0 Å². The normalized spacial score (nSPS) is 11.5. The van der Waals surface area contributed by atoms with Crippen LogP contribution in [0.15, 0.2) is 23.1 Å². The zero-order valence-corrected chi connectivity index (χ0v) is 11.6. The van der Waals surface area contributed by atoms with Crippen molar-refractivity contribution < 1.29 is 18.1 Å². The summed E-state index contributed by atoms with van der Waals surface area (Å²) in [5, 5.41) is 10.7. The van der Waals surface area contributed by atoms with E-state index in [0.29, 0.717) is 25.2 Å². The van der Waals surface area contributed by atoms with Gasteiger partial charge in [-0.15, -0.1) is 0 Å². The first-order chi connectivity index (χ1) is 8.92. The molecule has 1 N–H and O–H groups in total. The Labute approximate surface area is 111 Å². The molecule has 1 aromatic rings. The Hall–Kier alpha value is -1.51. The predicted molar refractivity (Wildman–Crippen MR) is 69.5 cm³/mol. The van der Waals surface area contributed by atoms with Crippen LogP contribution in [0.3, 0.4) is 0 Å². The second-order valence-electron chi connectivity index (χ2n) is 3.70. The van der Waals surface area contributed by atoms with Crippen LogP contribution < -0.4 is 4.72 Å². The Morgan fingerprint density at radius 2 is 2.11 bits per heavy atom. The minimum absolute atomic E-state index is 0.0419. The van der Waals surface area contributed by atoms with Crippen molar-refractivity contribution in [2.45, 2.75) is 18.2 Å². The van der Waals surface area contributed by atoms with Crippen LogP contribution in [0.5, 0.6) is 0 Å². The highest BCUT2D eigenvalue weighted by Crippen LogP contribution is 2.22. The van der Waals surface area contributed by atoms with Gasteiger partial charge < -0.3 is 4.74 Å². The van der Waals surface area contributed by atoms with Gasteiger partial charge in [0.05, 0.1) is 16.4 Å². The van der Waals surface area contributed by atoms with Crippen LogP contribution in [0, 0.1) is 10.1 Å². The quantitative estimate of drug-likeness (QED) is 0.460. The van der Waals surface area contributed by atoms with E-state index in [2.05, 4.69) is 4.72 Å². The molecule has 0 heterocycles. The van der Waals surface area contributed by atoms with Crippen LogP contribution in [0.25, 0.3) is 0 Å².